The molecule has 5 nitrogen and oxygen atoms in total. The van der Waals surface area contributed by atoms with E-state index in [2.05, 4.69) is 15.5 Å². The number of para-hydroxylation sites is 1. The fourth-order valence-electron chi connectivity index (χ4n) is 2.86. The Labute approximate surface area is 166 Å². The predicted octanol–water partition coefficient (Wildman–Crippen LogP) is 5.68. The number of nitrogens with zero attached hydrogens (tertiary/aromatic N) is 2. The van der Waals surface area contributed by atoms with E-state index in [1.54, 1.807) is 11.8 Å². The molecule has 4 rings (SSSR count). The molecule has 27 heavy (non-hydrogen) atoms. The number of aromatic nitrogens is 2. The zero-order chi connectivity index (χ0) is 18.5. The molecule has 0 unspecified atom stereocenters. The molecule has 1 fully saturated rings. The van der Waals surface area contributed by atoms with Gasteiger partial charge in [0.25, 0.3) is 0 Å². The van der Waals surface area contributed by atoms with Crippen LogP contribution in [0.15, 0.2) is 58.9 Å². The number of carbonyl (C=O) groups excluding carboxylic acids is 1. The van der Waals surface area contributed by atoms with Gasteiger partial charge in [0.05, 0.1) is 5.25 Å². The number of anilines is 2. The highest BCUT2D eigenvalue weighted by molar-refractivity contribution is 8.02. The summed E-state index contributed by atoms with van der Waals surface area (Å²) in [5.74, 6) is 1.92. The van der Waals surface area contributed by atoms with Crippen molar-refractivity contribution in [1.82, 2.24) is 10.2 Å². The molecule has 1 saturated carbocycles. The molecule has 0 radical (unpaired) electrons. The SMILES string of the molecule is O=C1CCCC[C@H]1Sc1nnc(Nc2ccc(Oc3ccccc3)cc2)s1. The third-order valence-corrected chi connectivity index (χ3v) is 6.47. The Morgan fingerprint density at radius 2 is 1.78 bits per heavy atom. The predicted molar refractivity (Wildman–Crippen MR) is 109 cm³/mol. The van der Waals surface area contributed by atoms with Crippen molar-refractivity contribution in [2.24, 2.45) is 0 Å². The lowest BCUT2D eigenvalue weighted by atomic mass is 9.99. The van der Waals surface area contributed by atoms with Crippen LogP contribution in [0.25, 0.3) is 0 Å². The minimum atomic E-state index is 0.0361. The summed E-state index contributed by atoms with van der Waals surface area (Å²) >= 11 is 3.02. The second-order valence-corrected chi connectivity index (χ2v) is 8.68. The van der Waals surface area contributed by atoms with E-state index < -0.39 is 0 Å². The van der Waals surface area contributed by atoms with Crippen molar-refractivity contribution in [3.8, 4) is 11.5 Å². The molecular weight excluding hydrogens is 378 g/mol. The second-order valence-electron chi connectivity index (χ2n) is 6.26. The Balaban J connectivity index is 1.35. The van der Waals surface area contributed by atoms with Crippen molar-refractivity contribution in [3.05, 3.63) is 54.6 Å². The lowest BCUT2D eigenvalue weighted by molar-refractivity contribution is -0.119. The maximum absolute atomic E-state index is 12.0. The third kappa shape index (κ3) is 4.87. The zero-order valence-electron chi connectivity index (χ0n) is 14.6. The summed E-state index contributed by atoms with van der Waals surface area (Å²) in [4.78, 5) is 12.0. The van der Waals surface area contributed by atoms with Gasteiger partial charge in [-0.15, -0.1) is 10.2 Å². The van der Waals surface area contributed by atoms with Crippen molar-refractivity contribution in [2.75, 3.05) is 5.32 Å². The molecule has 0 aliphatic heterocycles. The molecule has 0 bridgehead atoms. The summed E-state index contributed by atoms with van der Waals surface area (Å²) in [6, 6.07) is 17.4. The van der Waals surface area contributed by atoms with Crippen LogP contribution in [0.2, 0.25) is 0 Å². The lowest BCUT2D eigenvalue weighted by Gasteiger charge is -2.17. The van der Waals surface area contributed by atoms with Gasteiger partial charge in [-0.05, 0) is 49.2 Å². The topological polar surface area (TPSA) is 64.1 Å². The number of carbonyl (C=O) groups is 1. The molecule has 138 valence electrons. The van der Waals surface area contributed by atoms with Gasteiger partial charge >= 0.3 is 0 Å². The van der Waals surface area contributed by atoms with E-state index >= 15 is 0 Å². The molecule has 1 aromatic heterocycles. The number of hydrogen-bond acceptors (Lipinski definition) is 7. The standard InChI is InChI=1S/C20H19N3O2S2/c24-17-8-4-5-9-18(17)26-20-23-22-19(27-20)21-14-10-12-16(13-11-14)25-15-6-2-1-3-7-15/h1-3,6-7,10-13,18H,4-5,8-9H2,(H,21,22)/t18-/m1/s1. The molecular formula is C20H19N3O2S2. The number of hydrogen-bond donors (Lipinski definition) is 1. The normalized spacial score (nSPS) is 16.9. The van der Waals surface area contributed by atoms with Crippen LogP contribution in [-0.4, -0.2) is 21.2 Å². The van der Waals surface area contributed by atoms with Crippen LogP contribution in [0.3, 0.4) is 0 Å². The van der Waals surface area contributed by atoms with Crippen LogP contribution < -0.4 is 10.1 Å². The zero-order valence-corrected chi connectivity index (χ0v) is 16.3. The summed E-state index contributed by atoms with van der Waals surface area (Å²) in [5.41, 5.74) is 0.914. The minimum Gasteiger partial charge on any atom is -0.457 e. The van der Waals surface area contributed by atoms with Gasteiger partial charge in [-0.3, -0.25) is 4.79 Å². The number of benzene rings is 2. The highest BCUT2D eigenvalue weighted by atomic mass is 32.2. The Bertz CT molecular complexity index is 897. The summed E-state index contributed by atoms with van der Waals surface area (Å²) in [7, 11) is 0. The van der Waals surface area contributed by atoms with E-state index in [0.717, 1.165) is 45.9 Å². The molecule has 0 amide bonds. The van der Waals surface area contributed by atoms with Gasteiger partial charge in [0.1, 0.15) is 17.3 Å². The molecule has 1 aliphatic rings. The van der Waals surface area contributed by atoms with Crippen LogP contribution >= 0.6 is 23.1 Å². The maximum Gasteiger partial charge on any atom is 0.210 e. The van der Waals surface area contributed by atoms with Gasteiger partial charge in [-0.2, -0.15) is 0 Å². The fourth-order valence-corrected chi connectivity index (χ4v) is 5.00. The van der Waals surface area contributed by atoms with Crippen LogP contribution in [0.5, 0.6) is 11.5 Å². The van der Waals surface area contributed by atoms with Gasteiger partial charge in [0, 0.05) is 12.1 Å². The highest BCUT2D eigenvalue weighted by Gasteiger charge is 2.24. The summed E-state index contributed by atoms with van der Waals surface area (Å²) in [5, 5.41) is 12.4. The molecule has 3 aromatic rings. The van der Waals surface area contributed by atoms with Crippen LogP contribution in [0.4, 0.5) is 10.8 Å². The Hall–Kier alpha value is -2.38. The summed E-state index contributed by atoms with van der Waals surface area (Å²) in [6.07, 6.45) is 3.77. The molecule has 1 heterocycles. The Morgan fingerprint density at radius 1 is 1.00 bits per heavy atom. The van der Waals surface area contributed by atoms with Crippen molar-refractivity contribution in [2.45, 2.75) is 35.3 Å². The number of rotatable bonds is 6. The maximum atomic E-state index is 12.0. The lowest BCUT2D eigenvalue weighted by Crippen LogP contribution is -2.21. The van der Waals surface area contributed by atoms with Crippen LogP contribution in [-0.2, 0) is 4.79 Å². The molecule has 7 heteroatoms. The van der Waals surface area contributed by atoms with E-state index in [1.807, 2.05) is 54.6 Å². The largest absolute Gasteiger partial charge is 0.457 e. The van der Waals surface area contributed by atoms with Gasteiger partial charge < -0.3 is 10.1 Å². The average molecular weight is 398 g/mol. The van der Waals surface area contributed by atoms with Gasteiger partial charge in [-0.1, -0.05) is 47.7 Å². The van der Waals surface area contributed by atoms with Crippen molar-refractivity contribution >= 4 is 39.7 Å². The fraction of sp³-hybridized carbons (Fsp3) is 0.250. The minimum absolute atomic E-state index is 0.0361. The monoisotopic (exact) mass is 397 g/mol. The first-order valence-electron chi connectivity index (χ1n) is 8.89. The smallest absolute Gasteiger partial charge is 0.210 e. The van der Waals surface area contributed by atoms with Crippen LogP contribution in [0, 0.1) is 0 Å². The number of ether oxygens (including phenoxy) is 1. The van der Waals surface area contributed by atoms with E-state index in [1.165, 1.54) is 11.3 Å². The van der Waals surface area contributed by atoms with E-state index in [4.69, 9.17) is 4.74 Å². The van der Waals surface area contributed by atoms with Crippen LogP contribution in [0.1, 0.15) is 25.7 Å². The molecule has 1 atom stereocenters. The van der Waals surface area contributed by atoms with Crippen molar-refractivity contribution in [3.63, 3.8) is 0 Å². The van der Waals surface area contributed by atoms with E-state index in [0.29, 0.717) is 12.2 Å². The highest BCUT2D eigenvalue weighted by Crippen LogP contribution is 2.35. The Kier molecular flexibility index (Phi) is 5.69. The summed E-state index contributed by atoms with van der Waals surface area (Å²) in [6.45, 7) is 0. The first-order valence-corrected chi connectivity index (χ1v) is 10.6. The third-order valence-electron chi connectivity index (χ3n) is 4.23. The van der Waals surface area contributed by atoms with Gasteiger partial charge in [-0.25, -0.2) is 0 Å². The first kappa shape index (κ1) is 18.0. The number of Topliss-reactive ketones (excluding diaryl/α,β-unsaturated/α-hetero) is 1. The Morgan fingerprint density at radius 3 is 2.56 bits per heavy atom. The van der Waals surface area contributed by atoms with Crippen molar-refractivity contribution in [1.29, 1.82) is 0 Å². The second kappa shape index (κ2) is 8.54. The molecule has 2 aromatic carbocycles. The summed E-state index contributed by atoms with van der Waals surface area (Å²) < 4.78 is 6.63. The molecule has 1 aliphatic carbocycles. The molecule has 0 spiro atoms. The first-order chi connectivity index (χ1) is 13.3. The molecule has 1 N–H and O–H groups in total. The van der Waals surface area contributed by atoms with E-state index in [9.17, 15) is 4.79 Å². The van der Waals surface area contributed by atoms with E-state index in [-0.39, 0.29) is 5.25 Å². The number of ketones is 1. The van der Waals surface area contributed by atoms with Crippen molar-refractivity contribution < 1.29 is 9.53 Å². The molecule has 0 saturated heterocycles. The average Bonchev–Trinajstić information content (AvgIpc) is 3.13. The van der Waals surface area contributed by atoms with Gasteiger partial charge in [0.2, 0.25) is 5.13 Å². The number of nitrogens with one attached hydrogen (secondary N) is 1. The quantitative estimate of drug-likeness (QED) is 0.577. The van der Waals surface area contributed by atoms with Gasteiger partial charge in [0.15, 0.2) is 4.34 Å². The number of thioether (sulfide) groups is 1.